The summed E-state index contributed by atoms with van der Waals surface area (Å²) in [4.78, 5) is 0. The Morgan fingerprint density at radius 2 is 2.29 bits per heavy atom. The molecule has 1 heterocycles. The van der Waals surface area contributed by atoms with Crippen molar-refractivity contribution in [3.05, 3.63) is 29.8 Å². The van der Waals surface area contributed by atoms with E-state index in [0.29, 0.717) is 6.10 Å². The Morgan fingerprint density at radius 1 is 1.43 bits per heavy atom. The van der Waals surface area contributed by atoms with Crippen LogP contribution in [0.3, 0.4) is 0 Å². The summed E-state index contributed by atoms with van der Waals surface area (Å²) in [5.74, 6) is 0. The van der Waals surface area contributed by atoms with Gasteiger partial charge in [-0.2, -0.15) is 0 Å². The monoisotopic (exact) mass is 191 g/mol. The molecule has 1 unspecified atom stereocenters. The third-order valence-corrected chi connectivity index (χ3v) is 2.54. The largest absolute Gasteiger partial charge is 0.382 e. The molecule has 1 aliphatic rings. The molecule has 2 heteroatoms. The number of hydrogen-bond acceptors (Lipinski definition) is 2. The second kappa shape index (κ2) is 4.47. The van der Waals surface area contributed by atoms with Crippen LogP contribution in [0.15, 0.2) is 24.3 Å². The molecule has 76 valence electrons. The third kappa shape index (κ3) is 2.07. The Balaban J connectivity index is 1.99. The minimum absolute atomic E-state index is 0.352. The van der Waals surface area contributed by atoms with Gasteiger partial charge < -0.3 is 10.1 Å². The van der Waals surface area contributed by atoms with E-state index in [1.165, 1.54) is 11.3 Å². The standard InChI is InChI=1S/C12H17NO/c1-2-7-14-11-8-10-5-3-4-6-12(10)13-9-11/h3-6,11,13H,2,7-9H2,1H3. The van der Waals surface area contributed by atoms with Gasteiger partial charge in [0.2, 0.25) is 0 Å². The molecule has 1 atom stereocenters. The highest BCUT2D eigenvalue weighted by atomic mass is 16.5. The van der Waals surface area contributed by atoms with Crippen LogP contribution in [0.25, 0.3) is 0 Å². The minimum atomic E-state index is 0.352. The summed E-state index contributed by atoms with van der Waals surface area (Å²) in [6, 6.07) is 8.46. The number of fused-ring (bicyclic) bond motifs is 1. The van der Waals surface area contributed by atoms with Gasteiger partial charge in [-0.3, -0.25) is 0 Å². The normalized spacial score (nSPS) is 19.9. The molecule has 0 amide bonds. The van der Waals surface area contributed by atoms with Crippen molar-refractivity contribution < 1.29 is 4.74 Å². The van der Waals surface area contributed by atoms with Gasteiger partial charge in [-0.1, -0.05) is 25.1 Å². The predicted molar refractivity (Wildman–Crippen MR) is 58.7 cm³/mol. The Morgan fingerprint density at radius 3 is 3.14 bits per heavy atom. The number of benzene rings is 1. The molecular weight excluding hydrogens is 174 g/mol. The molecule has 0 aliphatic carbocycles. The van der Waals surface area contributed by atoms with Gasteiger partial charge in [0.05, 0.1) is 6.10 Å². The van der Waals surface area contributed by atoms with Crippen molar-refractivity contribution in [2.75, 3.05) is 18.5 Å². The fourth-order valence-electron chi connectivity index (χ4n) is 1.81. The van der Waals surface area contributed by atoms with Gasteiger partial charge in [-0.25, -0.2) is 0 Å². The van der Waals surface area contributed by atoms with E-state index in [9.17, 15) is 0 Å². The van der Waals surface area contributed by atoms with E-state index in [-0.39, 0.29) is 0 Å². The predicted octanol–water partition coefficient (Wildman–Crippen LogP) is 2.45. The zero-order valence-corrected chi connectivity index (χ0v) is 8.62. The van der Waals surface area contributed by atoms with Crippen LogP contribution in [0, 0.1) is 0 Å². The van der Waals surface area contributed by atoms with Gasteiger partial charge in [-0.05, 0) is 18.1 Å². The molecule has 2 nitrogen and oxygen atoms in total. The highest BCUT2D eigenvalue weighted by Crippen LogP contribution is 2.22. The van der Waals surface area contributed by atoms with Crippen molar-refractivity contribution in [1.29, 1.82) is 0 Å². The van der Waals surface area contributed by atoms with Crippen molar-refractivity contribution in [3.8, 4) is 0 Å². The first-order valence-corrected chi connectivity index (χ1v) is 5.33. The molecule has 0 aromatic heterocycles. The summed E-state index contributed by atoms with van der Waals surface area (Å²) >= 11 is 0. The summed E-state index contributed by atoms with van der Waals surface area (Å²) in [6.07, 6.45) is 2.49. The smallest absolute Gasteiger partial charge is 0.0788 e. The van der Waals surface area contributed by atoms with Crippen LogP contribution in [-0.4, -0.2) is 19.3 Å². The highest BCUT2D eigenvalue weighted by molar-refractivity contribution is 5.53. The Labute approximate surface area is 85.3 Å². The summed E-state index contributed by atoms with van der Waals surface area (Å²) in [6.45, 7) is 3.95. The van der Waals surface area contributed by atoms with Crippen molar-refractivity contribution in [2.24, 2.45) is 0 Å². The van der Waals surface area contributed by atoms with Crippen molar-refractivity contribution in [3.63, 3.8) is 0 Å². The van der Waals surface area contributed by atoms with Gasteiger partial charge in [0.15, 0.2) is 0 Å². The molecule has 0 bridgehead atoms. The topological polar surface area (TPSA) is 21.3 Å². The Kier molecular flexibility index (Phi) is 3.04. The summed E-state index contributed by atoms with van der Waals surface area (Å²) in [5, 5.41) is 3.40. The fraction of sp³-hybridized carbons (Fsp3) is 0.500. The summed E-state index contributed by atoms with van der Waals surface area (Å²) < 4.78 is 5.73. The van der Waals surface area contributed by atoms with E-state index in [1.807, 2.05) is 0 Å². The molecule has 0 saturated carbocycles. The third-order valence-electron chi connectivity index (χ3n) is 2.54. The molecule has 0 fully saturated rings. The van der Waals surface area contributed by atoms with E-state index in [1.54, 1.807) is 0 Å². The van der Waals surface area contributed by atoms with Gasteiger partial charge in [-0.15, -0.1) is 0 Å². The lowest BCUT2D eigenvalue weighted by atomic mass is 10.0. The van der Waals surface area contributed by atoms with Crippen molar-refractivity contribution in [2.45, 2.75) is 25.9 Å². The molecule has 2 rings (SSSR count). The molecular formula is C12H17NO. The minimum Gasteiger partial charge on any atom is -0.382 e. The van der Waals surface area contributed by atoms with Gasteiger partial charge >= 0.3 is 0 Å². The first-order valence-electron chi connectivity index (χ1n) is 5.33. The molecule has 1 N–H and O–H groups in total. The summed E-state index contributed by atoms with van der Waals surface area (Å²) in [7, 11) is 0. The van der Waals surface area contributed by atoms with E-state index in [0.717, 1.165) is 26.0 Å². The molecule has 1 aliphatic heterocycles. The zero-order valence-electron chi connectivity index (χ0n) is 8.62. The zero-order chi connectivity index (χ0) is 9.80. The van der Waals surface area contributed by atoms with Gasteiger partial charge in [0.1, 0.15) is 0 Å². The first-order chi connectivity index (χ1) is 6.90. The van der Waals surface area contributed by atoms with E-state index >= 15 is 0 Å². The Bertz CT molecular complexity index is 298. The second-order valence-corrected chi connectivity index (χ2v) is 3.73. The van der Waals surface area contributed by atoms with E-state index in [4.69, 9.17) is 4.74 Å². The second-order valence-electron chi connectivity index (χ2n) is 3.73. The maximum absolute atomic E-state index is 5.73. The van der Waals surface area contributed by atoms with E-state index < -0.39 is 0 Å². The van der Waals surface area contributed by atoms with Crippen molar-refractivity contribution in [1.82, 2.24) is 0 Å². The molecule has 1 aromatic rings. The average Bonchev–Trinajstić information content (AvgIpc) is 2.26. The molecule has 14 heavy (non-hydrogen) atoms. The lowest BCUT2D eigenvalue weighted by molar-refractivity contribution is 0.0608. The first kappa shape index (κ1) is 9.53. The molecule has 1 aromatic carbocycles. The number of nitrogens with one attached hydrogen (secondary N) is 1. The SMILES string of the molecule is CCCOC1CNc2ccccc2C1. The number of ether oxygens (including phenoxy) is 1. The van der Waals surface area contributed by atoms with Crippen LogP contribution in [-0.2, 0) is 11.2 Å². The number of rotatable bonds is 3. The van der Waals surface area contributed by atoms with E-state index in [2.05, 4.69) is 36.5 Å². The number of hydrogen-bond donors (Lipinski definition) is 1. The molecule has 0 spiro atoms. The van der Waals surface area contributed by atoms with Gasteiger partial charge in [0, 0.05) is 25.3 Å². The molecule has 0 saturated heterocycles. The lowest BCUT2D eigenvalue weighted by Gasteiger charge is -2.26. The average molecular weight is 191 g/mol. The van der Waals surface area contributed by atoms with Crippen LogP contribution in [0.4, 0.5) is 5.69 Å². The highest BCUT2D eigenvalue weighted by Gasteiger charge is 2.17. The quantitative estimate of drug-likeness (QED) is 0.792. The lowest BCUT2D eigenvalue weighted by Crippen LogP contribution is -2.30. The Hall–Kier alpha value is -1.02. The number of anilines is 1. The van der Waals surface area contributed by atoms with Crippen LogP contribution in [0.1, 0.15) is 18.9 Å². The van der Waals surface area contributed by atoms with Crippen LogP contribution < -0.4 is 5.32 Å². The maximum atomic E-state index is 5.73. The van der Waals surface area contributed by atoms with Crippen LogP contribution >= 0.6 is 0 Å². The van der Waals surface area contributed by atoms with Crippen LogP contribution in [0.2, 0.25) is 0 Å². The maximum Gasteiger partial charge on any atom is 0.0788 e. The van der Waals surface area contributed by atoms with Gasteiger partial charge in [0.25, 0.3) is 0 Å². The summed E-state index contributed by atoms with van der Waals surface area (Å²) in [5.41, 5.74) is 2.64. The van der Waals surface area contributed by atoms with Crippen molar-refractivity contribution >= 4 is 5.69 Å². The molecule has 0 radical (unpaired) electrons. The fourth-order valence-corrected chi connectivity index (χ4v) is 1.81. The van der Waals surface area contributed by atoms with Crippen LogP contribution in [0.5, 0.6) is 0 Å². The number of para-hydroxylation sites is 1.